The fourth-order valence-corrected chi connectivity index (χ4v) is 1.48. The summed E-state index contributed by atoms with van der Waals surface area (Å²) >= 11 is 0. The second kappa shape index (κ2) is 6.25. The minimum absolute atomic E-state index is 0.0161. The Morgan fingerprint density at radius 3 is 2.76 bits per heavy atom. The summed E-state index contributed by atoms with van der Waals surface area (Å²) in [4.78, 5) is 11.9. The van der Waals surface area contributed by atoms with Gasteiger partial charge >= 0.3 is 0 Å². The molecule has 1 aromatic carbocycles. The van der Waals surface area contributed by atoms with Crippen molar-refractivity contribution in [3.63, 3.8) is 0 Å². The molecule has 2 N–H and O–H groups in total. The Morgan fingerprint density at radius 1 is 1.47 bits per heavy atom. The fraction of sp³-hybridized carbons (Fsp3) is 0.462. The third-order valence-electron chi connectivity index (χ3n) is 2.64. The molecular formula is C13H20N2O2. The van der Waals surface area contributed by atoms with E-state index in [2.05, 4.69) is 10.6 Å². The van der Waals surface area contributed by atoms with Crippen LogP contribution in [0.4, 0.5) is 5.69 Å². The number of carbonyl (C=O) groups is 1. The zero-order valence-corrected chi connectivity index (χ0v) is 10.8. The number of benzene rings is 1. The second-order valence-electron chi connectivity index (χ2n) is 4.06. The van der Waals surface area contributed by atoms with Crippen LogP contribution in [0.15, 0.2) is 18.2 Å². The SMILES string of the molecule is CNc1cc(C)ccc1C(=O)NCC(C)OC. The Morgan fingerprint density at radius 2 is 2.18 bits per heavy atom. The molecule has 1 rings (SSSR count). The molecule has 4 nitrogen and oxygen atoms in total. The molecule has 0 radical (unpaired) electrons. The third-order valence-corrected chi connectivity index (χ3v) is 2.64. The maximum atomic E-state index is 11.9. The molecule has 94 valence electrons. The van der Waals surface area contributed by atoms with Crippen LogP contribution < -0.4 is 10.6 Å². The minimum Gasteiger partial charge on any atom is -0.387 e. The van der Waals surface area contributed by atoms with Crippen molar-refractivity contribution >= 4 is 11.6 Å². The van der Waals surface area contributed by atoms with E-state index in [-0.39, 0.29) is 12.0 Å². The Labute approximate surface area is 102 Å². The number of rotatable bonds is 5. The van der Waals surface area contributed by atoms with Gasteiger partial charge in [0.05, 0.1) is 11.7 Å². The Hall–Kier alpha value is -1.55. The number of methoxy groups -OCH3 is 1. The maximum Gasteiger partial charge on any atom is 0.253 e. The van der Waals surface area contributed by atoms with Crippen LogP contribution in [0, 0.1) is 6.92 Å². The largest absolute Gasteiger partial charge is 0.387 e. The number of nitrogens with one attached hydrogen (secondary N) is 2. The highest BCUT2D eigenvalue weighted by Crippen LogP contribution is 2.16. The smallest absolute Gasteiger partial charge is 0.253 e. The average molecular weight is 236 g/mol. The van der Waals surface area contributed by atoms with Gasteiger partial charge < -0.3 is 15.4 Å². The lowest BCUT2D eigenvalue weighted by Crippen LogP contribution is -2.31. The van der Waals surface area contributed by atoms with Gasteiger partial charge in [0.15, 0.2) is 0 Å². The van der Waals surface area contributed by atoms with Gasteiger partial charge in [-0.25, -0.2) is 0 Å². The summed E-state index contributed by atoms with van der Waals surface area (Å²) in [5.41, 5.74) is 2.62. The van der Waals surface area contributed by atoms with Crippen LogP contribution in [0.3, 0.4) is 0 Å². The molecule has 1 amide bonds. The Kier molecular flexibility index (Phi) is 4.97. The van der Waals surface area contributed by atoms with Crippen LogP contribution in [-0.4, -0.2) is 32.7 Å². The molecular weight excluding hydrogens is 216 g/mol. The van der Waals surface area contributed by atoms with Gasteiger partial charge in [0.25, 0.3) is 5.91 Å². The number of aryl methyl sites for hydroxylation is 1. The van der Waals surface area contributed by atoms with E-state index in [1.165, 1.54) is 0 Å². The summed E-state index contributed by atoms with van der Waals surface area (Å²) in [6, 6.07) is 5.71. The standard InChI is InChI=1S/C13H20N2O2/c1-9-5-6-11(12(7-9)14-3)13(16)15-8-10(2)17-4/h5-7,10,14H,8H2,1-4H3,(H,15,16). The van der Waals surface area contributed by atoms with Gasteiger partial charge in [-0.05, 0) is 31.5 Å². The van der Waals surface area contributed by atoms with Crippen LogP contribution >= 0.6 is 0 Å². The lowest BCUT2D eigenvalue weighted by molar-refractivity contribution is 0.0871. The first-order valence-electron chi connectivity index (χ1n) is 5.68. The van der Waals surface area contributed by atoms with Crippen molar-refractivity contribution in [2.24, 2.45) is 0 Å². The number of hydrogen-bond donors (Lipinski definition) is 2. The molecule has 0 heterocycles. The number of anilines is 1. The van der Waals surface area contributed by atoms with Crippen LogP contribution in [0.2, 0.25) is 0 Å². The van der Waals surface area contributed by atoms with E-state index in [1.807, 2.05) is 39.1 Å². The van der Waals surface area contributed by atoms with Crippen LogP contribution in [0.25, 0.3) is 0 Å². The third kappa shape index (κ3) is 3.75. The first-order valence-corrected chi connectivity index (χ1v) is 5.68. The van der Waals surface area contributed by atoms with Crippen molar-refractivity contribution in [2.45, 2.75) is 20.0 Å². The highest BCUT2D eigenvalue weighted by atomic mass is 16.5. The number of carbonyl (C=O) groups excluding carboxylic acids is 1. The first kappa shape index (κ1) is 13.5. The van der Waals surface area contributed by atoms with Crippen molar-refractivity contribution in [1.82, 2.24) is 5.32 Å². The molecule has 0 aliphatic carbocycles. The van der Waals surface area contributed by atoms with E-state index < -0.39 is 0 Å². The summed E-state index contributed by atoms with van der Waals surface area (Å²) < 4.78 is 5.08. The van der Waals surface area contributed by atoms with Crippen molar-refractivity contribution in [3.05, 3.63) is 29.3 Å². The zero-order valence-electron chi connectivity index (χ0n) is 10.8. The molecule has 0 aliphatic heterocycles. The number of hydrogen-bond acceptors (Lipinski definition) is 3. The van der Waals surface area contributed by atoms with Crippen molar-refractivity contribution < 1.29 is 9.53 Å². The van der Waals surface area contributed by atoms with E-state index >= 15 is 0 Å². The molecule has 0 saturated heterocycles. The lowest BCUT2D eigenvalue weighted by atomic mass is 10.1. The van der Waals surface area contributed by atoms with E-state index in [0.29, 0.717) is 12.1 Å². The van der Waals surface area contributed by atoms with Crippen LogP contribution in [0.1, 0.15) is 22.8 Å². The van der Waals surface area contributed by atoms with Crippen molar-refractivity contribution in [3.8, 4) is 0 Å². The van der Waals surface area contributed by atoms with Gasteiger partial charge in [-0.2, -0.15) is 0 Å². The predicted octanol–water partition coefficient (Wildman–Crippen LogP) is 1.80. The van der Waals surface area contributed by atoms with Gasteiger partial charge in [0.2, 0.25) is 0 Å². The second-order valence-corrected chi connectivity index (χ2v) is 4.06. The Bertz CT molecular complexity index is 391. The van der Waals surface area contributed by atoms with E-state index in [1.54, 1.807) is 7.11 Å². The normalized spacial score (nSPS) is 12.0. The van der Waals surface area contributed by atoms with Crippen molar-refractivity contribution in [2.75, 3.05) is 26.0 Å². The zero-order chi connectivity index (χ0) is 12.8. The van der Waals surface area contributed by atoms with Crippen LogP contribution in [-0.2, 0) is 4.74 Å². The molecule has 4 heteroatoms. The molecule has 0 fully saturated rings. The number of amides is 1. The monoisotopic (exact) mass is 236 g/mol. The Balaban J connectivity index is 2.75. The molecule has 17 heavy (non-hydrogen) atoms. The quantitative estimate of drug-likeness (QED) is 0.819. The molecule has 0 aliphatic rings. The van der Waals surface area contributed by atoms with Gasteiger partial charge in [-0.1, -0.05) is 6.07 Å². The highest BCUT2D eigenvalue weighted by molar-refractivity contribution is 5.99. The van der Waals surface area contributed by atoms with Crippen molar-refractivity contribution in [1.29, 1.82) is 0 Å². The average Bonchev–Trinajstić information content (AvgIpc) is 2.35. The molecule has 0 bridgehead atoms. The summed E-state index contributed by atoms with van der Waals surface area (Å²) in [5.74, 6) is -0.0850. The first-order chi connectivity index (χ1) is 8.08. The van der Waals surface area contributed by atoms with Gasteiger partial charge in [-0.3, -0.25) is 4.79 Å². The summed E-state index contributed by atoms with van der Waals surface area (Å²) in [6.07, 6.45) is 0.0161. The predicted molar refractivity (Wildman–Crippen MR) is 69.5 cm³/mol. The molecule has 0 saturated carbocycles. The minimum atomic E-state index is -0.0850. The summed E-state index contributed by atoms with van der Waals surface area (Å²) in [6.45, 7) is 4.41. The lowest BCUT2D eigenvalue weighted by Gasteiger charge is -2.13. The van der Waals surface area contributed by atoms with E-state index in [4.69, 9.17) is 4.74 Å². The molecule has 1 aromatic rings. The van der Waals surface area contributed by atoms with Gasteiger partial charge in [0, 0.05) is 26.4 Å². The summed E-state index contributed by atoms with van der Waals surface area (Å²) in [5, 5.41) is 5.87. The van der Waals surface area contributed by atoms with Gasteiger partial charge in [-0.15, -0.1) is 0 Å². The maximum absolute atomic E-state index is 11.9. The van der Waals surface area contributed by atoms with E-state index in [0.717, 1.165) is 11.3 Å². The van der Waals surface area contributed by atoms with E-state index in [9.17, 15) is 4.79 Å². The topological polar surface area (TPSA) is 50.4 Å². The molecule has 1 unspecified atom stereocenters. The fourth-order valence-electron chi connectivity index (χ4n) is 1.48. The van der Waals surface area contributed by atoms with Crippen LogP contribution in [0.5, 0.6) is 0 Å². The number of ether oxygens (including phenoxy) is 1. The van der Waals surface area contributed by atoms with Gasteiger partial charge in [0.1, 0.15) is 0 Å². The summed E-state index contributed by atoms with van der Waals surface area (Å²) in [7, 11) is 3.44. The molecule has 1 atom stereocenters. The molecule has 0 spiro atoms. The highest BCUT2D eigenvalue weighted by Gasteiger charge is 2.11. The molecule has 0 aromatic heterocycles.